The Kier molecular flexibility index (Phi) is 2.96. The van der Waals surface area contributed by atoms with E-state index >= 15 is 0 Å². The molecule has 0 bridgehead atoms. The lowest BCUT2D eigenvalue weighted by molar-refractivity contribution is 0.568. The first-order valence-corrected chi connectivity index (χ1v) is 5.45. The molecular formula is C10H12N2OS. The minimum absolute atomic E-state index is 0.723. The molecule has 0 aliphatic heterocycles. The van der Waals surface area contributed by atoms with E-state index < -0.39 is 0 Å². The first-order valence-electron chi connectivity index (χ1n) is 4.57. The van der Waals surface area contributed by atoms with Crippen molar-refractivity contribution in [2.45, 2.75) is 12.8 Å². The summed E-state index contributed by atoms with van der Waals surface area (Å²) in [6, 6.07) is 1.92. The molecule has 4 heteroatoms. The largest absolute Gasteiger partial charge is 0.472 e. The molecule has 2 aromatic heterocycles. The number of furan rings is 1. The number of nitrogens with zero attached hydrogens (tertiary/aromatic N) is 1. The van der Waals surface area contributed by atoms with E-state index in [1.165, 1.54) is 0 Å². The summed E-state index contributed by atoms with van der Waals surface area (Å²) >= 11 is 1.68. The van der Waals surface area contributed by atoms with Gasteiger partial charge >= 0.3 is 0 Å². The Morgan fingerprint density at radius 1 is 1.50 bits per heavy atom. The molecule has 0 aromatic carbocycles. The molecule has 2 N–H and O–H groups in total. The Morgan fingerprint density at radius 2 is 2.43 bits per heavy atom. The van der Waals surface area contributed by atoms with Gasteiger partial charge in [0.1, 0.15) is 0 Å². The van der Waals surface area contributed by atoms with Gasteiger partial charge in [-0.3, -0.25) is 0 Å². The van der Waals surface area contributed by atoms with Crippen molar-refractivity contribution in [1.82, 2.24) is 4.98 Å². The molecule has 0 saturated heterocycles. The SMILES string of the molecule is NCCCc1nc(-c2ccoc2)cs1. The van der Waals surface area contributed by atoms with Crippen molar-refractivity contribution in [1.29, 1.82) is 0 Å². The maximum absolute atomic E-state index is 5.44. The average Bonchev–Trinajstić information content (AvgIpc) is 2.85. The molecule has 2 rings (SSSR count). The Hall–Kier alpha value is -1.13. The highest BCUT2D eigenvalue weighted by Crippen LogP contribution is 2.22. The van der Waals surface area contributed by atoms with Gasteiger partial charge in [0.05, 0.1) is 23.2 Å². The predicted octanol–water partition coefficient (Wildman–Crippen LogP) is 2.29. The highest BCUT2D eigenvalue weighted by Gasteiger charge is 2.04. The molecule has 2 heterocycles. The van der Waals surface area contributed by atoms with Crippen LogP contribution < -0.4 is 5.73 Å². The van der Waals surface area contributed by atoms with Crippen LogP contribution in [0.1, 0.15) is 11.4 Å². The predicted molar refractivity (Wildman–Crippen MR) is 57.2 cm³/mol. The lowest BCUT2D eigenvalue weighted by atomic mass is 10.3. The number of rotatable bonds is 4. The molecule has 0 aliphatic carbocycles. The Bertz CT molecular complexity index is 380. The fourth-order valence-electron chi connectivity index (χ4n) is 1.22. The quantitative estimate of drug-likeness (QED) is 0.838. The molecule has 2 aromatic rings. The van der Waals surface area contributed by atoms with Crippen LogP contribution in [0.4, 0.5) is 0 Å². The van der Waals surface area contributed by atoms with Crippen LogP contribution in [0.3, 0.4) is 0 Å². The van der Waals surface area contributed by atoms with Crippen molar-refractivity contribution in [3.05, 3.63) is 29.0 Å². The zero-order valence-corrected chi connectivity index (χ0v) is 8.59. The Morgan fingerprint density at radius 3 is 3.14 bits per heavy atom. The zero-order valence-electron chi connectivity index (χ0n) is 7.77. The van der Waals surface area contributed by atoms with Crippen LogP contribution in [0, 0.1) is 0 Å². The molecule has 0 fully saturated rings. The monoisotopic (exact) mass is 208 g/mol. The average molecular weight is 208 g/mol. The van der Waals surface area contributed by atoms with Crippen LogP contribution in [0.25, 0.3) is 11.3 Å². The summed E-state index contributed by atoms with van der Waals surface area (Å²) in [6.45, 7) is 0.723. The van der Waals surface area contributed by atoms with Crippen molar-refractivity contribution in [3.63, 3.8) is 0 Å². The number of aromatic nitrogens is 1. The van der Waals surface area contributed by atoms with E-state index in [1.807, 2.05) is 6.07 Å². The first kappa shape index (κ1) is 9.43. The number of nitrogens with two attached hydrogens (primary N) is 1. The summed E-state index contributed by atoms with van der Waals surface area (Å²) in [5, 5.41) is 3.20. The minimum Gasteiger partial charge on any atom is -0.472 e. The second-order valence-electron chi connectivity index (χ2n) is 3.03. The molecular weight excluding hydrogens is 196 g/mol. The van der Waals surface area contributed by atoms with Gasteiger partial charge in [-0.15, -0.1) is 11.3 Å². The molecule has 74 valence electrons. The van der Waals surface area contributed by atoms with Gasteiger partial charge in [0, 0.05) is 17.4 Å². The summed E-state index contributed by atoms with van der Waals surface area (Å²) in [5.74, 6) is 0. The number of hydrogen-bond donors (Lipinski definition) is 1. The van der Waals surface area contributed by atoms with Gasteiger partial charge in [-0.2, -0.15) is 0 Å². The molecule has 0 amide bonds. The molecule has 0 radical (unpaired) electrons. The smallest absolute Gasteiger partial charge is 0.0996 e. The fraction of sp³-hybridized carbons (Fsp3) is 0.300. The van der Waals surface area contributed by atoms with Crippen LogP contribution in [0.15, 0.2) is 28.4 Å². The third-order valence-electron chi connectivity index (χ3n) is 1.96. The van der Waals surface area contributed by atoms with E-state index in [0.717, 1.165) is 35.7 Å². The van der Waals surface area contributed by atoms with Crippen molar-refractivity contribution in [2.24, 2.45) is 5.73 Å². The van der Waals surface area contributed by atoms with E-state index in [2.05, 4.69) is 10.4 Å². The van der Waals surface area contributed by atoms with E-state index in [4.69, 9.17) is 10.2 Å². The fourth-order valence-corrected chi connectivity index (χ4v) is 2.07. The van der Waals surface area contributed by atoms with Crippen LogP contribution in [0.2, 0.25) is 0 Å². The van der Waals surface area contributed by atoms with Gasteiger partial charge in [0.15, 0.2) is 0 Å². The third-order valence-corrected chi connectivity index (χ3v) is 2.87. The first-order chi connectivity index (χ1) is 6.90. The minimum atomic E-state index is 0.723. The third kappa shape index (κ3) is 2.02. The van der Waals surface area contributed by atoms with Crippen molar-refractivity contribution >= 4 is 11.3 Å². The summed E-state index contributed by atoms with van der Waals surface area (Å²) in [4.78, 5) is 4.49. The van der Waals surface area contributed by atoms with Gasteiger partial charge < -0.3 is 10.2 Å². The Labute approximate surface area is 86.6 Å². The van der Waals surface area contributed by atoms with Crippen LogP contribution in [-0.2, 0) is 6.42 Å². The number of hydrogen-bond acceptors (Lipinski definition) is 4. The maximum Gasteiger partial charge on any atom is 0.0996 e. The molecule has 14 heavy (non-hydrogen) atoms. The van der Waals surface area contributed by atoms with Gasteiger partial charge in [-0.1, -0.05) is 0 Å². The highest BCUT2D eigenvalue weighted by atomic mass is 32.1. The van der Waals surface area contributed by atoms with Crippen molar-refractivity contribution in [3.8, 4) is 11.3 Å². The maximum atomic E-state index is 5.44. The summed E-state index contributed by atoms with van der Waals surface area (Å²) in [5.41, 5.74) is 7.48. The zero-order chi connectivity index (χ0) is 9.80. The highest BCUT2D eigenvalue weighted by molar-refractivity contribution is 7.09. The van der Waals surface area contributed by atoms with Gasteiger partial charge in [0.25, 0.3) is 0 Å². The van der Waals surface area contributed by atoms with Crippen LogP contribution in [0.5, 0.6) is 0 Å². The summed E-state index contributed by atoms with van der Waals surface area (Å²) in [6.07, 6.45) is 5.34. The molecule has 0 saturated carbocycles. The van der Waals surface area contributed by atoms with E-state index in [0.29, 0.717) is 0 Å². The normalized spacial score (nSPS) is 10.6. The van der Waals surface area contributed by atoms with Crippen LogP contribution >= 0.6 is 11.3 Å². The molecule has 0 atom stereocenters. The summed E-state index contributed by atoms with van der Waals surface area (Å²) in [7, 11) is 0. The number of thiazole rings is 1. The molecule has 0 aliphatic rings. The molecule has 0 unspecified atom stereocenters. The van der Waals surface area contributed by atoms with Crippen LogP contribution in [-0.4, -0.2) is 11.5 Å². The Balaban J connectivity index is 2.10. The van der Waals surface area contributed by atoms with E-state index in [9.17, 15) is 0 Å². The van der Waals surface area contributed by atoms with Crippen molar-refractivity contribution < 1.29 is 4.42 Å². The summed E-state index contributed by atoms with van der Waals surface area (Å²) < 4.78 is 5.00. The van der Waals surface area contributed by atoms with Gasteiger partial charge in [0.2, 0.25) is 0 Å². The van der Waals surface area contributed by atoms with E-state index in [-0.39, 0.29) is 0 Å². The standard InChI is InChI=1S/C10H12N2OS/c11-4-1-2-10-12-9(7-14-10)8-3-5-13-6-8/h3,5-7H,1-2,4,11H2. The lowest BCUT2D eigenvalue weighted by Crippen LogP contribution is -1.99. The van der Waals surface area contributed by atoms with E-state index in [1.54, 1.807) is 23.9 Å². The van der Waals surface area contributed by atoms with Crippen molar-refractivity contribution in [2.75, 3.05) is 6.54 Å². The topological polar surface area (TPSA) is 52.0 Å². The number of aryl methyl sites for hydroxylation is 1. The second kappa shape index (κ2) is 4.39. The van der Waals surface area contributed by atoms with Gasteiger partial charge in [-0.25, -0.2) is 4.98 Å². The molecule has 0 spiro atoms. The molecule has 3 nitrogen and oxygen atoms in total. The second-order valence-corrected chi connectivity index (χ2v) is 3.97. The van der Waals surface area contributed by atoms with Gasteiger partial charge in [-0.05, 0) is 19.0 Å². The lowest BCUT2D eigenvalue weighted by Gasteiger charge is -1.91.